The number of rotatable bonds is 7. The Morgan fingerprint density at radius 3 is 2.56 bits per heavy atom. The number of nitrogens with zero attached hydrogens (tertiary/aromatic N) is 1. The number of sulfonamides is 1. The van der Waals surface area contributed by atoms with Crippen molar-refractivity contribution in [1.29, 1.82) is 0 Å². The number of nitrogens with one attached hydrogen (secondary N) is 2. The van der Waals surface area contributed by atoms with Crippen molar-refractivity contribution in [1.82, 2.24) is 9.88 Å². The van der Waals surface area contributed by atoms with Crippen molar-refractivity contribution in [2.45, 2.75) is 13.0 Å². The quantitative estimate of drug-likeness (QED) is 0.578. The Morgan fingerprint density at radius 2 is 1.85 bits per heavy atom. The second-order valence-corrected chi connectivity index (χ2v) is 8.07. The average molecular weight is 387 g/mol. The Hall–Kier alpha value is -3.00. The lowest BCUT2D eigenvalue weighted by molar-refractivity contribution is -0.121. The molecule has 3 aromatic rings. The summed E-state index contributed by atoms with van der Waals surface area (Å²) in [4.78, 5) is 12.2. The Balaban J connectivity index is 1.63. The van der Waals surface area contributed by atoms with E-state index in [9.17, 15) is 18.3 Å². The molecule has 0 aliphatic heterocycles. The molecule has 2 aromatic carbocycles. The van der Waals surface area contributed by atoms with Crippen LogP contribution < -0.4 is 10.0 Å². The molecule has 3 N–H and O–H groups in total. The molecule has 142 valence electrons. The first-order chi connectivity index (χ1) is 12.8. The third kappa shape index (κ3) is 5.01. The first kappa shape index (κ1) is 18.8. The zero-order valence-electron chi connectivity index (χ0n) is 14.8. The van der Waals surface area contributed by atoms with Crippen molar-refractivity contribution < 1.29 is 18.3 Å². The number of aromatic nitrogens is 1. The van der Waals surface area contributed by atoms with Gasteiger partial charge in [-0.2, -0.15) is 0 Å². The third-order valence-corrected chi connectivity index (χ3v) is 4.69. The van der Waals surface area contributed by atoms with Crippen molar-refractivity contribution in [2.75, 3.05) is 17.5 Å². The van der Waals surface area contributed by atoms with E-state index in [1.165, 1.54) is 0 Å². The van der Waals surface area contributed by atoms with Crippen LogP contribution in [0.3, 0.4) is 0 Å². The zero-order valence-corrected chi connectivity index (χ0v) is 15.7. The normalized spacial score (nSPS) is 11.4. The Labute approximate surface area is 157 Å². The number of carbonyl (C=O) groups is 1. The van der Waals surface area contributed by atoms with Crippen LogP contribution in [0.25, 0.3) is 10.9 Å². The molecular formula is C19H21N3O4S. The van der Waals surface area contributed by atoms with Gasteiger partial charge in [-0.15, -0.1) is 0 Å². The molecule has 0 saturated carbocycles. The van der Waals surface area contributed by atoms with Crippen LogP contribution in [-0.4, -0.2) is 36.8 Å². The largest absolute Gasteiger partial charge is 0.508 e. The minimum absolute atomic E-state index is 0.132. The highest BCUT2D eigenvalue weighted by Crippen LogP contribution is 2.25. The number of aromatic hydroxyl groups is 1. The second kappa shape index (κ2) is 7.71. The Morgan fingerprint density at radius 1 is 1.11 bits per heavy atom. The summed E-state index contributed by atoms with van der Waals surface area (Å²) in [6, 6.07) is 13.9. The fraction of sp³-hybridized carbons (Fsp3) is 0.211. The van der Waals surface area contributed by atoms with Gasteiger partial charge in [-0.05, 0) is 42.3 Å². The topological polar surface area (TPSA) is 100 Å². The van der Waals surface area contributed by atoms with Crippen LogP contribution in [-0.2, 0) is 27.8 Å². The minimum atomic E-state index is -3.38. The first-order valence-electron chi connectivity index (χ1n) is 8.42. The molecule has 0 aliphatic rings. The standard InChI is InChI=1S/C19H21N3O4S/c1-27(25,26)21-17-3-2-4-18-16(17)10-12-22(18)13-19(24)20-11-9-14-5-7-15(23)8-6-14/h2-8,10,12,21,23H,9,11,13H2,1H3,(H,20,24). The van der Waals surface area contributed by atoms with Crippen LogP contribution >= 0.6 is 0 Å². The lowest BCUT2D eigenvalue weighted by Crippen LogP contribution is -2.29. The van der Waals surface area contributed by atoms with Crippen LogP contribution in [0.2, 0.25) is 0 Å². The van der Waals surface area contributed by atoms with E-state index < -0.39 is 10.0 Å². The molecule has 1 heterocycles. The monoisotopic (exact) mass is 387 g/mol. The SMILES string of the molecule is CS(=O)(=O)Nc1cccc2c1ccn2CC(=O)NCCc1ccc(O)cc1. The molecule has 27 heavy (non-hydrogen) atoms. The van der Waals surface area contributed by atoms with Gasteiger partial charge in [0.2, 0.25) is 15.9 Å². The van der Waals surface area contributed by atoms with E-state index in [1.807, 2.05) is 18.2 Å². The summed E-state index contributed by atoms with van der Waals surface area (Å²) >= 11 is 0. The van der Waals surface area contributed by atoms with Gasteiger partial charge in [-0.3, -0.25) is 9.52 Å². The summed E-state index contributed by atoms with van der Waals surface area (Å²) < 4.78 is 27.2. The molecule has 0 radical (unpaired) electrons. The number of fused-ring (bicyclic) bond motifs is 1. The number of hydrogen-bond donors (Lipinski definition) is 3. The highest BCUT2D eigenvalue weighted by Gasteiger charge is 2.11. The van der Waals surface area contributed by atoms with Crippen molar-refractivity contribution in [3.05, 3.63) is 60.3 Å². The van der Waals surface area contributed by atoms with E-state index in [4.69, 9.17) is 0 Å². The highest BCUT2D eigenvalue weighted by atomic mass is 32.2. The van der Waals surface area contributed by atoms with Crippen LogP contribution in [0.4, 0.5) is 5.69 Å². The molecule has 0 bridgehead atoms. The molecular weight excluding hydrogens is 366 g/mol. The lowest BCUT2D eigenvalue weighted by atomic mass is 10.1. The number of carbonyl (C=O) groups excluding carboxylic acids is 1. The lowest BCUT2D eigenvalue weighted by Gasteiger charge is -2.09. The summed E-state index contributed by atoms with van der Waals surface area (Å²) in [5, 5.41) is 12.9. The molecule has 3 rings (SSSR count). The van der Waals surface area contributed by atoms with E-state index in [-0.39, 0.29) is 18.2 Å². The van der Waals surface area contributed by atoms with E-state index in [2.05, 4.69) is 10.0 Å². The van der Waals surface area contributed by atoms with E-state index in [0.29, 0.717) is 18.7 Å². The molecule has 0 fully saturated rings. The van der Waals surface area contributed by atoms with Crippen molar-refractivity contribution >= 4 is 32.5 Å². The van der Waals surface area contributed by atoms with Crippen molar-refractivity contribution in [3.8, 4) is 5.75 Å². The highest BCUT2D eigenvalue weighted by molar-refractivity contribution is 7.92. The molecule has 0 unspecified atom stereocenters. The van der Waals surface area contributed by atoms with Crippen molar-refractivity contribution in [2.24, 2.45) is 0 Å². The number of amides is 1. The van der Waals surface area contributed by atoms with Gasteiger partial charge in [-0.1, -0.05) is 18.2 Å². The first-order valence-corrected chi connectivity index (χ1v) is 10.3. The van der Waals surface area contributed by atoms with Crippen LogP contribution in [0, 0.1) is 0 Å². The number of phenolic OH excluding ortho intramolecular Hbond substituents is 1. The fourth-order valence-electron chi connectivity index (χ4n) is 2.87. The molecule has 0 aliphatic carbocycles. The summed E-state index contributed by atoms with van der Waals surface area (Å²) in [7, 11) is -3.38. The summed E-state index contributed by atoms with van der Waals surface area (Å²) in [5.74, 6) is 0.0831. The van der Waals surface area contributed by atoms with Gasteiger partial charge >= 0.3 is 0 Å². The van der Waals surface area contributed by atoms with Gasteiger partial charge in [0.25, 0.3) is 0 Å². The smallest absolute Gasteiger partial charge is 0.239 e. The summed E-state index contributed by atoms with van der Waals surface area (Å²) in [6.07, 6.45) is 3.53. The van der Waals surface area contributed by atoms with E-state index in [1.54, 1.807) is 41.1 Å². The van der Waals surface area contributed by atoms with Gasteiger partial charge in [0.15, 0.2) is 0 Å². The molecule has 1 amide bonds. The minimum Gasteiger partial charge on any atom is -0.508 e. The average Bonchev–Trinajstić information content (AvgIpc) is 2.99. The van der Waals surface area contributed by atoms with Gasteiger partial charge in [0, 0.05) is 18.1 Å². The number of benzene rings is 2. The fourth-order valence-corrected chi connectivity index (χ4v) is 3.45. The van der Waals surface area contributed by atoms with Gasteiger partial charge in [0.1, 0.15) is 12.3 Å². The van der Waals surface area contributed by atoms with Gasteiger partial charge < -0.3 is 15.0 Å². The predicted octanol–water partition coefficient (Wildman–Crippen LogP) is 2.08. The van der Waals surface area contributed by atoms with Crippen molar-refractivity contribution in [3.63, 3.8) is 0 Å². The maximum atomic E-state index is 12.2. The second-order valence-electron chi connectivity index (χ2n) is 6.32. The van der Waals surface area contributed by atoms with Crippen LogP contribution in [0.5, 0.6) is 5.75 Å². The molecule has 0 atom stereocenters. The molecule has 7 nitrogen and oxygen atoms in total. The number of hydrogen-bond acceptors (Lipinski definition) is 4. The Bertz CT molecular complexity index is 1060. The Kier molecular flexibility index (Phi) is 5.36. The van der Waals surface area contributed by atoms with Crippen LogP contribution in [0.15, 0.2) is 54.7 Å². The molecule has 0 spiro atoms. The molecule has 8 heteroatoms. The number of anilines is 1. The number of phenols is 1. The van der Waals surface area contributed by atoms with Gasteiger partial charge in [0.05, 0.1) is 17.5 Å². The van der Waals surface area contributed by atoms with E-state index >= 15 is 0 Å². The summed E-state index contributed by atoms with van der Waals surface area (Å²) in [5.41, 5.74) is 2.29. The van der Waals surface area contributed by atoms with Crippen LogP contribution in [0.1, 0.15) is 5.56 Å². The van der Waals surface area contributed by atoms with Gasteiger partial charge in [-0.25, -0.2) is 8.42 Å². The van der Waals surface area contributed by atoms with E-state index in [0.717, 1.165) is 22.7 Å². The summed E-state index contributed by atoms with van der Waals surface area (Å²) in [6.45, 7) is 0.630. The third-order valence-electron chi connectivity index (χ3n) is 4.10. The molecule has 1 aromatic heterocycles. The zero-order chi connectivity index (χ0) is 19.4. The molecule has 0 saturated heterocycles. The predicted molar refractivity (Wildman–Crippen MR) is 105 cm³/mol. The maximum Gasteiger partial charge on any atom is 0.239 e. The maximum absolute atomic E-state index is 12.2.